The highest BCUT2D eigenvalue weighted by atomic mass is 19.1. The molecular formula is C19H20F2N4O2. The Kier molecular flexibility index (Phi) is 5.25. The molecule has 4 amide bonds. The molecule has 0 radical (unpaired) electrons. The molecule has 0 aliphatic carbocycles. The van der Waals surface area contributed by atoms with Gasteiger partial charge in [-0.05, 0) is 49.7 Å². The SMILES string of the molecule is CC(C)N1C(=O)NC(Nc2cccc(F)c2)N(Cc2ccc(F)cc2)C1=O. The van der Waals surface area contributed by atoms with Crippen LogP contribution in [0.3, 0.4) is 0 Å². The van der Waals surface area contributed by atoms with Crippen LogP contribution in [0.2, 0.25) is 0 Å². The first-order valence-corrected chi connectivity index (χ1v) is 8.52. The standard InChI is InChI=1S/C19H20F2N4O2/c1-12(2)25-18(26)23-17(22-16-5-3-4-15(21)10-16)24(19(25)27)11-13-6-8-14(20)9-7-13/h3-10,12,17,22H,11H2,1-2H3,(H,23,26). The zero-order chi connectivity index (χ0) is 19.6. The summed E-state index contributed by atoms with van der Waals surface area (Å²) in [5.74, 6) is -0.822. The number of urea groups is 2. The monoisotopic (exact) mass is 374 g/mol. The molecule has 1 unspecified atom stereocenters. The van der Waals surface area contributed by atoms with Gasteiger partial charge in [0.05, 0.1) is 6.54 Å². The lowest BCUT2D eigenvalue weighted by molar-refractivity contribution is 0.0975. The summed E-state index contributed by atoms with van der Waals surface area (Å²) >= 11 is 0. The molecule has 0 aromatic heterocycles. The molecule has 1 aliphatic rings. The Hall–Kier alpha value is -3.16. The average molecular weight is 374 g/mol. The maximum atomic E-state index is 13.5. The largest absolute Gasteiger partial charge is 0.348 e. The molecule has 8 heteroatoms. The van der Waals surface area contributed by atoms with Gasteiger partial charge in [0.1, 0.15) is 11.6 Å². The number of hydrogen-bond acceptors (Lipinski definition) is 3. The van der Waals surface area contributed by atoms with Crippen molar-refractivity contribution in [2.75, 3.05) is 5.32 Å². The van der Waals surface area contributed by atoms with Crippen molar-refractivity contribution in [2.24, 2.45) is 0 Å². The van der Waals surface area contributed by atoms with Crippen LogP contribution in [-0.2, 0) is 6.54 Å². The molecule has 6 nitrogen and oxygen atoms in total. The lowest BCUT2D eigenvalue weighted by atomic mass is 10.2. The zero-order valence-corrected chi connectivity index (χ0v) is 14.9. The van der Waals surface area contributed by atoms with Crippen LogP contribution < -0.4 is 10.6 Å². The second kappa shape index (κ2) is 7.61. The lowest BCUT2D eigenvalue weighted by Crippen LogP contribution is -2.68. The van der Waals surface area contributed by atoms with Gasteiger partial charge in [-0.15, -0.1) is 0 Å². The van der Waals surface area contributed by atoms with Crippen LogP contribution in [-0.4, -0.2) is 34.2 Å². The molecule has 2 aromatic rings. The zero-order valence-electron chi connectivity index (χ0n) is 14.9. The number of rotatable bonds is 5. The number of carbonyl (C=O) groups is 2. The van der Waals surface area contributed by atoms with Crippen LogP contribution in [0.25, 0.3) is 0 Å². The Morgan fingerprint density at radius 1 is 1.07 bits per heavy atom. The smallest absolute Gasteiger partial charge is 0.331 e. The van der Waals surface area contributed by atoms with Gasteiger partial charge < -0.3 is 5.32 Å². The molecule has 1 saturated heterocycles. The second-order valence-electron chi connectivity index (χ2n) is 6.51. The van der Waals surface area contributed by atoms with Gasteiger partial charge in [-0.3, -0.25) is 10.2 Å². The van der Waals surface area contributed by atoms with Gasteiger partial charge in [-0.2, -0.15) is 0 Å². The highest BCUT2D eigenvalue weighted by Gasteiger charge is 2.39. The molecule has 142 valence electrons. The number of nitrogens with one attached hydrogen (secondary N) is 2. The minimum atomic E-state index is -0.883. The maximum Gasteiger partial charge on any atom is 0.331 e. The molecule has 0 saturated carbocycles. The molecule has 1 heterocycles. The third kappa shape index (κ3) is 4.16. The molecule has 0 spiro atoms. The van der Waals surface area contributed by atoms with Crippen LogP contribution in [0.4, 0.5) is 24.1 Å². The summed E-state index contributed by atoms with van der Waals surface area (Å²) in [6, 6.07) is 10.1. The van der Waals surface area contributed by atoms with E-state index in [1.54, 1.807) is 32.0 Å². The minimum Gasteiger partial charge on any atom is -0.348 e. The number of benzene rings is 2. The topological polar surface area (TPSA) is 64.7 Å². The van der Waals surface area contributed by atoms with Crippen LogP contribution >= 0.6 is 0 Å². The number of amides is 4. The molecule has 1 aliphatic heterocycles. The second-order valence-corrected chi connectivity index (χ2v) is 6.51. The van der Waals surface area contributed by atoms with E-state index < -0.39 is 24.2 Å². The van der Waals surface area contributed by atoms with Gasteiger partial charge in [0.15, 0.2) is 6.29 Å². The van der Waals surface area contributed by atoms with E-state index in [9.17, 15) is 18.4 Å². The van der Waals surface area contributed by atoms with E-state index >= 15 is 0 Å². The normalized spacial score (nSPS) is 17.3. The van der Waals surface area contributed by atoms with Gasteiger partial charge in [0, 0.05) is 11.7 Å². The maximum absolute atomic E-state index is 13.5. The van der Waals surface area contributed by atoms with E-state index in [0.717, 1.165) is 4.90 Å². The Bertz CT molecular complexity index is 842. The van der Waals surface area contributed by atoms with Crippen molar-refractivity contribution >= 4 is 17.7 Å². The summed E-state index contributed by atoms with van der Waals surface area (Å²) < 4.78 is 26.6. The number of halogens is 2. The summed E-state index contributed by atoms with van der Waals surface area (Å²) in [5.41, 5.74) is 1.10. The van der Waals surface area contributed by atoms with E-state index in [4.69, 9.17) is 0 Å². The Morgan fingerprint density at radius 3 is 2.41 bits per heavy atom. The Morgan fingerprint density at radius 2 is 1.78 bits per heavy atom. The first-order chi connectivity index (χ1) is 12.8. The summed E-state index contributed by atoms with van der Waals surface area (Å²) in [6.07, 6.45) is -0.883. The summed E-state index contributed by atoms with van der Waals surface area (Å²) in [4.78, 5) is 27.8. The number of carbonyl (C=O) groups excluding carboxylic acids is 2. The summed E-state index contributed by atoms with van der Waals surface area (Å²) in [7, 11) is 0. The molecule has 1 fully saturated rings. The predicted octanol–water partition coefficient (Wildman–Crippen LogP) is 3.72. The number of hydrogen-bond donors (Lipinski definition) is 2. The van der Waals surface area contributed by atoms with Crippen LogP contribution in [0.5, 0.6) is 0 Å². The number of anilines is 1. The minimum absolute atomic E-state index is 0.135. The Balaban J connectivity index is 1.89. The first-order valence-electron chi connectivity index (χ1n) is 8.52. The summed E-state index contributed by atoms with van der Waals surface area (Å²) in [6.45, 7) is 3.59. The molecule has 2 N–H and O–H groups in total. The van der Waals surface area contributed by atoms with Crippen LogP contribution in [0.15, 0.2) is 48.5 Å². The fourth-order valence-electron chi connectivity index (χ4n) is 2.85. The van der Waals surface area contributed by atoms with E-state index in [-0.39, 0.29) is 18.4 Å². The highest BCUT2D eigenvalue weighted by Crippen LogP contribution is 2.20. The van der Waals surface area contributed by atoms with E-state index in [1.807, 2.05) is 0 Å². The highest BCUT2D eigenvalue weighted by molar-refractivity contribution is 5.96. The van der Waals surface area contributed by atoms with Gasteiger partial charge in [-0.25, -0.2) is 23.3 Å². The van der Waals surface area contributed by atoms with Gasteiger partial charge >= 0.3 is 12.1 Å². The Labute approximate surface area is 155 Å². The van der Waals surface area contributed by atoms with Crippen LogP contribution in [0.1, 0.15) is 19.4 Å². The third-order valence-corrected chi connectivity index (χ3v) is 4.15. The van der Waals surface area contributed by atoms with Crippen LogP contribution in [0, 0.1) is 11.6 Å². The van der Waals surface area contributed by atoms with Crippen molar-refractivity contribution < 1.29 is 18.4 Å². The number of imide groups is 1. The average Bonchev–Trinajstić information content (AvgIpc) is 2.59. The van der Waals surface area contributed by atoms with Gasteiger partial charge in [-0.1, -0.05) is 18.2 Å². The predicted molar refractivity (Wildman–Crippen MR) is 96.7 cm³/mol. The van der Waals surface area contributed by atoms with Gasteiger partial charge in [0.25, 0.3) is 0 Å². The third-order valence-electron chi connectivity index (χ3n) is 4.15. The van der Waals surface area contributed by atoms with E-state index in [1.165, 1.54) is 35.2 Å². The van der Waals surface area contributed by atoms with Crippen molar-refractivity contribution in [3.63, 3.8) is 0 Å². The van der Waals surface area contributed by atoms with E-state index in [0.29, 0.717) is 11.3 Å². The molecular weight excluding hydrogens is 354 g/mol. The van der Waals surface area contributed by atoms with Crippen molar-refractivity contribution in [3.05, 3.63) is 65.7 Å². The summed E-state index contributed by atoms with van der Waals surface area (Å²) in [5, 5.41) is 5.67. The van der Waals surface area contributed by atoms with E-state index in [2.05, 4.69) is 10.6 Å². The van der Waals surface area contributed by atoms with Crippen molar-refractivity contribution in [3.8, 4) is 0 Å². The fraction of sp³-hybridized carbons (Fsp3) is 0.263. The first kappa shape index (κ1) is 18.6. The fourth-order valence-corrected chi connectivity index (χ4v) is 2.85. The lowest BCUT2D eigenvalue weighted by Gasteiger charge is -2.42. The van der Waals surface area contributed by atoms with Crippen molar-refractivity contribution in [2.45, 2.75) is 32.7 Å². The van der Waals surface area contributed by atoms with Crippen molar-refractivity contribution in [1.82, 2.24) is 15.1 Å². The quantitative estimate of drug-likeness (QED) is 0.838. The molecule has 27 heavy (non-hydrogen) atoms. The molecule has 0 bridgehead atoms. The number of nitrogens with zero attached hydrogens (tertiary/aromatic N) is 2. The molecule has 1 atom stereocenters. The van der Waals surface area contributed by atoms with Gasteiger partial charge in [0.2, 0.25) is 0 Å². The molecule has 3 rings (SSSR count). The molecule has 2 aromatic carbocycles. The van der Waals surface area contributed by atoms with Crippen molar-refractivity contribution in [1.29, 1.82) is 0 Å².